The van der Waals surface area contributed by atoms with E-state index in [1.54, 1.807) is 24.4 Å². The molecule has 112 valence electrons. The summed E-state index contributed by atoms with van der Waals surface area (Å²) in [5.74, 6) is 0. The molecular weight excluding hydrogens is 310 g/mol. The maximum atomic E-state index is 12.9. The van der Waals surface area contributed by atoms with Gasteiger partial charge in [-0.25, -0.2) is 8.42 Å². The van der Waals surface area contributed by atoms with Crippen LogP contribution in [0.2, 0.25) is 5.02 Å². The molecule has 1 aliphatic heterocycles. The van der Waals surface area contributed by atoms with Crippen LogP contribution in [0.5, 0.6) is 0 Å². The van der Waals surface area contributed by atoms with Gasteiger partial charge in [0.05, 0.1) is 9.92 Å². The highest BCUT2D eigenvalue weighted by Crippen LogP contribution is 2.31. The Bertz CT molecular complexity index is 774. The molecule has 1 saturated heterocycles. The highest BCUT2D eigenvalue weighted by atomic mass is 35.5. The molecule has 0 aliphatic carbocycles. The van der Waals surface area contributed by atoms with Crippen LogP contribution in [0.4, 0.5) is 0 Å². The maximum Gasteiger partial charge on any atom is 0.243 e. The maximum absolute atomic E-state index is 12.9. The minimum absolute atomic E-state index is 0.111. The van der Waals surface area contributed by atoms with Crippen molar-refractivity contribution in [3.63, 3.8) is 0 Å². The van der Waals surface area contributed by atoms with Crippen molar-refractivity contribution in [2.45, 2.75) is 23.8 Å². The van der Waals surface area contributed by atoms with Crippen molar-refractivity contribution in [2.75, 3.05) is 13.1 Å². The number of hydrogen-bond acceptors (Lipinski definition) is 4. The van der Waals surface area contributed by atoms with Crippen LogP contribution in [0.3, 0.4) is 0 Å². The average molecular weight is 326 g/mol. The molecule has 2 N–H and O–H groups in total. The molecule has 0 spiro atoms. The topological polar surface area (TPSA) is 76.3 Å². The van der Waals surface area contributed by atoms with Gasteiger partial charge in [-0.3, -0.25) is 4.98 Å². The molecule has 0 radical (unpaired) electrons. The highest BCUT2D eigenvalue weighted by Gasteiger charge is 2.30. The SMILES string of the molecule is N[C@@H]1CCCN(S(=O)(=O)c2cccc3cncc(Cl)c23)C1. The van der Waals surface area contributed by atoms with E-state index < -0.39 is 10.0 Å². The lowest BCUT2D eigenvalue weighted by molar-refractivity contribution is 0.316. The number of nitrogens with two attached hydrogens (primary N) is 1. The Hall–Kier alpha value is -1.21. The first-order valence-corrected chi connectivity index (χ1v) is 8.60. The lowest BCUT2D eigenvalue weighted by Crippen LogP contribution is -2.45. The van der Waals surface area contributed by atoms with Crippen LogP contribution in [0, 0.1) is 0 Å². The molecule has 2 aromatic rings. The van der Waals surface area contributed by atoms with Crippen molar-refractivity contribution in [1.82, 2.24) is 9.29 Å². The normalized spacial score (nSPS) is 20.8. The lowest BCUT2D eigenvalue weighted by Gasteiger charge is -2.30. The molecule has 1 atom stereocenters. The van der Waals surface area contributed by atoms with Crippen molar-refractivity contribution in [3.8, 4) is 0 Å². The van der Waals surface area contributed by atoms with Crippen molar-refractivity contribution in [2.24, 2.45) is 5.73 Å². The van der Waals surface area contributed by atoms with E-state index in [4.69, 9.17) is 17.3 Å². The zero-order valence-corrected chi connectivity index (χ0v) is 12.9. The second-order valence-corrected chi connectivity index (χ2v) is 7.55. The van der Waals surface area contributed by atoms with E-state index in [0.29, 0.717) is 28.9 Å². The van der Waals surface area contributed by atoms with Gasteiger partial charge in [0.2, 0.25) is 10.0 Å². The van der Waals surface area contributed by atoms with Gasteiger partial charge in [-0.05, 0) is 18.9 Å². The van der Waals surface area contributed by atoms with Gasteiger partial charge in [-0.1, -0.05) is 23.7 Å². The van der Waals surface area contributed by atoms with Gasteiger partial charge in [0, 0.05) is 42.3 Å². The fourth-order valence-corrected chi connectivity index (χ4v) is 4.80. The lowest BCUT2D eigenvalue weighted by atomic mass is 10.1. The number of fused-ring (bicyclic) bond motifs is 1. The third-order valence-corrected chi connectivity index (χ3v) is 5.93. The van der Waals surface area contributed by atoms with E-state index in [1.807, 2.05) is 0 Å². The second-order valence-electron chi connectivity index (χ2n) is 5.24. The van der Waals surface area contributed by atoms with Crippen LogP contribution in [-0.2, 0) is 10.0 Å². The number of pyridine rings is 1. The molecule has 21 heavy (non-hydrogen) atoms. The molecule has 2 heterocycles. The van der Waals surface area contributed by atoms with Gasteiger partial charge in [0.25, 0.3) is 0 Å². The number of aromatic nitrogens is 1. The Morgan fingerprint density at radius 3 is 2.90 bits per heavy atom. The fourth-order valence-electron chi connectivity index (χ4n) is 2.71. The van der Waals surface area contributed by atoms with Crippen LogP contribution < -0.4 is 5.73 Å². The van der Waals surface area contributed by atoms with Crippen LogP contribution >= 0.6 is 11.6 Å². The molecule has 3 rings (SSSR count). The van der Waals surface area contributed by atoms with E-state index in [1.165, 1.54) is 10.5 Å². The Balaban J connectivity index is 2.15. The molecule has 7 heteroatoms. The summed E-state index contributed by atoms with van der Waals surface area (Å²) in [7, 11) is -3.60. The van der Waals surface area contributed by atoms with Gasteiger partial charge >= 0.3 is 0 Å². The number of nitrogens with zero attached hydrogens (tertiary/aromatic N) is 2. The fraction of sp³-hybridized carbons (Fsp3) is 0.357. The van der Waals surface area contributed by atoms with Crippen LogP contribution in [-0.4, -0.2) is 36.8 Å². The molecule has 1 aromatic carbocycles. The first-order chi connectivity index (χ1) is 10.00. The Kier molecular flexibility index (Phi) is 3.88. The molecule has 0 amide bonds. The minimum Gasteiger partial charge on any atom is -0.327 e. The van der Waals surface area contributed by atoms with Gasteiger partial charge in [-0.2, -0.15) is 4.31 Å². The van der Waals surface area contributed by atoms with Crippen molar-refractivity contribution in [3.05, 3.63) is 35.6 Å². The number of benzene rings is 1. The van der Waals surface area contributed by atoms with Crippen LogP contribution in [0.1, 0.15) is 12.8 Å². The smallest absolute Gasteiger partial charge is 0.243 e. The third kappa shape index (κ3) is 2.64. The van der Waals surface area contributed by atoms with Crippen LogP contribution in [0.25, 0.3) is 10.8 Å². The van der Waals surface area contributed by atoms with E-state index >= 15 is 0 Å². The zero-order chi connectivity index (χ0) is 15.0. The molecule has 5 nitrogen and oxygen atoms in total. The van der Waals surface area contributed by atoms with Crippen molar-refractivity contribution >= 4 is 32.4 Å². The monoisotopic (exact) mass is 325 g/mol. The summed E-state index contributed by atoms with van der Waals surface area (Å²) in [6.45, 7) is 0.844. The van der Waals surface area contributed by atoms with E-state index in [-0.39, 0.29) is 10.9 Å². The summed E-state index contributed by atoms with van der Waals surface area (Å²) >= 11 is 6.17. The summed E-state index contributed by atoms with van der Waals surface area (Å²) in [6.07, 6.45) is 4.71. The van der Waals surface area contributed by atoms with Gasteiger partial charge in [0.15, 0.2) is 0 Å². The quantitative estimate of drug-likeness (QED) is 0.916. The molecule has 1 fully saturated rings. The van der Waals surface area contributed by atoms with Crippen LogP contribution in [0.15, 0.2) is 35.5 Å². The number of hydrogen-bond donors (Lipinski definition) is 1. The van der Waals surface area contributed by atoms with Gasteiger partial charge in [-0.15, -0.1) is 0 Å². The predicted molar refractivity (Wildman–Crippen MR) is 82.7 cm³/mol. The Labute approximate surface area is 128 Å². The van der Waals surface area contributed by atoms with E-state index in [2.05, 4.69) is 4.98 Å². The zero-order valence-electron chi connectivity index (χ0n) is 11.4. The average Bonchev–Trinajstić information content (AvgIpc) is 2.47. The molecule has 1 aromatic heterocycles. The number of piperidine rings is 1. The summed E-state index contributed by atoms with van der Waals surface area (Å²) in [5.41, 5.74) is 5.90. The third-order valence-electron chi connectivity index (χ3n) is 3.74. The molecule has 0 bridgehead atoms. The number of sulfonamides is 1. The first kappa shape index (κ1) is 14.7. The molecule has 1 aliphatic rings. The molecule has 0 saturated carbocycles. The van der Waals surface area contributed by atoms with E-state index in [9.17, 15) is 8.42 Å². The summed E-state index contributed by atoms with van der Waals surface area (Å²) in [6, 6.07) is 4.98. The molecule has 0 unspecified atom stereocenters. The molecular formula is C14H16ClN3O2S. The van der Waals surface area contributed by atoms with E-state index in [0.717, 1.165) is 12.8 Å². The van der Waals surface area contributed by atoms with Crippen molar-refractivity contribution < 1.29 is 8.42 Å². The van der Waals surface area contributed by atoms with Gasteiger partial charge in [0.1, 0.15) is 0 Å². The summed E-state index contributed by atoms with van der Waals surface area (Å²) < 4.78 is 27.2. The Morgan fingerprint density at radius 1 is 1.33 bits per heavy atom. The highest BCUT2D eigenvalue weighted by molar-refractivity contribution is 7.89. The minimum atomic E-state index is -3.60. The Morgan fingerprint density at radius 2 is 2.14 bits per heavy atom. The number of rotatable bonds is 2. The number of halogens is 1. The largest absolute Gasteiger partial charge is 0.327 e. The van der Waals surface area contributed by atoms with Gasteiger partial charge < -0.3 is 5.73 Å². The predicted octanol–water partition coefficient (Wildman–Crippen LogP) is 2.00. The summed E-state index contributed by atoms with van der Waals surface area (Å²) in [5, 5.41) is 1.58. The summed E-state index contributed by atoms with van der Waals surface area (Å²) in [4.78, 5) is 4.22. The standard InChI is InChI=1S/C14H16ClN3O2S/c15-12-8-17-7-10-3-1-5-13(14(10)12)21(19,20)18-6-2-4-11(16)9-18/h1,3,5,7-8,11H,2,4,6,9,16H2/t11-/m1/s1. The van der Waals surface area contributed by atoms with Crippen molar-refractivity contribution in [1.29, 1.82) is 0 Å². The first-order valence-electron chi connectivity index (χ1n) is 6.78. The second kappa shape index (κ2) is 5.53.